The van der Waals surface area contributed by atoms with Crippen LogP contribution in [0.5, 0.6) is 0 Å². The van der Waals surface area contributed by atoms with Crippen LogP contribution in [0.2, 0.25) is 0 Å². The third-order valence-corrected chi connectivity index (χ3v) is 2.78. The van der Waals surface area contributed by atoms with Gasteiger partial charge in [-0.2, -0.15) is 0 Å². The van der Waals surface area contributed by atoms with Crippen molar-refractivity contribution < 1.29 is 19.1 Å². The van der Waals surface area contributed by atoms with E-state index in [9.17, 15) is 14.0 Å². The third kappa shape index (κ3) is 1.54. The molecule has 1 aromatic carbocycles. The predicted octanol–water partition coefficient (Wildman–Crippen LogP) is 1.36. The molecule has 0 aromatic heterocycles. The first-order valence-corrected chi connectivity index (χ1v) is 4.79. The summed E-state index contributed by atoms with van der Waals surface area (Å²) < 4.78 is 13.0. The summed E-state index contributed by atoms with van der Waals surface area (Å²) in [5, 5.41) is 8.99. The van der Waals surface area contributed by atoms with Crippen molar-refractivity contribution in [2.24, 2.45) is 0 Å². The Kier molecular flexibility index (Phi) is 2.38. The molecule has 2 rings (SSSR count). The van der Waals surface area contributed by atoms with Crippen molar-refractivity contribution in [2.45, 2.75) is 12.3 Å². The minimum absolute atomic E-state index is 0.0789. The predicted molar refractivity (Wildman–Crippen MR) is 54.8 cm³/mol. The number of benzene rings is 1. The summed E-state index contributed by atoms with van der Waals surface area (Å²) in [6, 6.07) is 3.81. The number of hydrogen-bond donors (Lipinski definition) is 1. The normalized spacial score (nSPS) is 19.5. The van der Waals surface area contributed by atoms with Gasteiger partial charge in [-0.25, -0.2) is 4.39 Å². The molecule has 0 saturated heterocycles. The van der Waals surface area contributed by atoms with Crippen molar-refractivity contribution in [2.75, 3.05) is 11.9 Å². The summed E-state index contributed by atoms with van der Waals surface area (Å²) in [4.78, 5) is 23.8. The van der Waals surface area contributed by atoms with Gasteiger partial charge in [-0.3, -0.25) is 9.59 Å². The number of carbonyl (C=O) groups is 2. The average molecular weight is 223 g/mol. The van der Waals surface area contributed by atoms with E-state index < -0.39 is 17.7 Å². The van der Waals surface area contributed by atoms with Crippen LogP contribution in [-0.4, -0.2) is 24.0 Å². The molecule has 1 unspecified atom stereocenters. The third-order valence-electron chi connectivity index (χ3n) is 2.78. The van der Waals surface area contributed by atoms with Crippen LogP contribution in [0.3, 0.4) is 0 Å². The smallest absolute Gasteiger partial charge is 0.311 e. The maximum absolute atomic E-state index is 13.0. The number of carboxylic acid groups (broad SMARTS) is 1. The molecule has 0 aliphatic carbocycles. The molecular formula is C11H10FNO3. The molecule has 1 aromatic rings. The van der Waals surface area contributed by atoms with Crippen molar-refractivity contribution >= 4 is 17.6 Å². The lowest BCUT2D eigenvalue weighted by molar-refractivity contribution is -0.140. The lowest BCUT2D eigenvalue weighted by atomic mass is 9.90. The van der Waals surface area contributed by atoms with Gasteiger partial charge in [-0.05, 0) is 17.7 Å². The van der Waals surface area contributed by atoms with Gasteiger partial charge in [0, 0.05) is 13.5 Å². The molecule has 5 heteroatoms. The van der Waals surface area contributed by atoms with E-state index in [1.54, 1.807) is 0 Å². The van der Waals surface area contributed by atoms with E-state index in [1.165, 1.54) is 30.1 Å². The van der Waals surface area contributed by atoms with Gasteiger partial charge in [0.25, 0.3) is 0 Å². The molecule has 1 atom stereocenters. The second-order valence-electron chi connectivity index (χ2n) is 3.75. The topological polar surface area (TPSA) is 57.6 Å². The van der Waals surface area contributed by atoms with Crippen LogP contribution in [0.1, 0.15) is 17.9 Å². The molecule has 0 bridgehead atoms. The molecule has 1 aliphatic rings. The van der Waals surface area contributed by atoms with Gasteiger partial charge in [-0.1, -0.05) is 6.07 Å². The van der Waals surface area contributed by atoms with Crippen LogP contribution in [0.15, 0.2) is 18.2 Å². The number of amides is 1. The van der Waals surface area contributed by atoms with E-state index in [-0.39, 0.29) is 12.3 Å². The van der Waals surface area contributed by atoms with Crippen molar-refractivity contribution in [3.05, 3.63) is 29.6 Å². The Bertz CT molecular complexity index is 472. The Morgan fingerprint density at radius 2 is 2.25 bits per heavy atom. The molecular weight excluding hydrogens is 213 g/mol. The van der Waals surface area contributed by atoms with E-state index in [0.717, 1.165) is 0 Å². The quantitative estimate of drug-likeness (QED) is 0.782. The largest absolute Gasteiger partial charge is 0.481 e. The van der Waals surface area contributed by atoms with E-state index >= 15 is 0 Å². The summed E-state index contributed by atoms with van der Waals surface area (Å²) in [5.41, 5.74) is 0.819. The lowest BCUT2D eigenvalue weighted by Gasteiger charge is -2.29. The molecule has 0 spiro atoms. The highest BCUT2D eigenvalue weighted by molar-refractivity contribution is 6.01. The van der Waals surface area contributed by atoms with Crippen LogP contribution in [0.4, 0.5) is 10.1 Å². The number of nitrogens with zero attached hydrogens (tertiary/aromatic N) is 1. The molecule has 84 valence electrons. The van der Waals surface area contributed by atoms with E-state index in [4.69, 9.17) is 5.11 Å². The van der Waals surface area contributed by atoms with Gasteiger partial charge < -0.3 is 10.0 Å². The van der Waals surface area contributed by atoms with Crippen LogP contribution < -0.4 is 4.90 Å². The summed E-state index contributed by atoms with van der Waals surface area (Å²) in [6.45, 7) is 0. The molecule has 1 N–H and O–H groups in total. The number of carbonyl (C=O) groups excluding carboxylic acids is 1. The summed E-state index contributed by atoms with van der Waals surface area (Å²) >= 11 is 0. The fourth-order valence-electron chi connectivity index (χ4n) is 1.88. The molecule has 4 nitrogen and oxygen atoms in total. The maximum Gasteiger partial charge on any atom is 0.311 e. The Labute approximate surface area is 91.3 Å². The van der Waals surface area contributed by atoms with Gasteiger partial charge >= 0.3 is 5.97 Å². The van der Waals surface area contributed by atoms with Gasteiger partial charge in [-0.15, -0.1) is 0 Å². The molecule has 0 saturated carbocycles. The first-order valence-electron chi connectivity index (χ1n) is 4.79. The zero-order chi connectivity index (χ0) is 11.9. The van der Waals surface area contributed by atoms with Crippen molar-refractivity contribution in [1.82, 2.24) is 0 Å². The zero-order valence-corrected chi connectivity index (χ0v) is 8.61. The summed E-state index contributed by atoms with van der Waals surface area (Å²) in [7, 11) is 1.51. The van der Waals surface area contributed by atoms with Crippen LogP contribution in [0.25, 0.3) is 0 Å². The Balaban J connectivity index is 2.58. The highest BCUT2D eigenvalue weighted by atomic mass is 19.1. The van der Waals surface area contributed by atoms with E-state index in [1.807, 2.05) is 0 Å². The zero-order valence-electron chi connectivity index (χ0n) is 8.61. The summed E-state index contributed by atoms with van der Waals surface area (Å²) in [6.07, 6.45) is -0.0789. The average Bonchev–Trinajstić information content (AvgIpc) is 2.23. The van der Waals surface area contributed by atoms with Gasteiger partial charge in [0.1, 0.15) is 5.82 Å². The molecule has 16 heavy (non-hydrogen) atoms. The highest BCUT2D eigenvalue weighted by Gasteiger charge is 2.33. The lowest BCUT2D eigenvalue weighted by Crippen LogP contribution is -2.35. The number of halogens is 1. The monoisotopic (exact) mass is 223 g/mol. The number of rotatable bonds is 1. The second-order valence-corrected chi connectivity index (χ2v) is 3.75. The second kappa shape index (κ2) is 3.59. The van der Waals surface area contributed by atoms with Crippen molar-refractivity contribution in [1.29, 1.82) is 0 Å². The van der Waals surface area contributed by atoms with E-state index in [2.05, 4.69) is 0 Å². The van der Waals surface area contributed by atoms with E-state index in [0.29, 0.717) is 11.3 Å². The number of carboxylic acids is 1. The number of anilines is 1. The van der Waals surface area contributed by atoms with Crippen molar-refractivity contribution in [3.8, 4) is 0 Å². The minimum atomic E-state index is -1.06. The standard InChI is InChI=1S/C11H10FNO3/c1-13-9-4-6(12)2-3-7(9)8(11(15)16)5-10(13)14/h2-4,8H,5H2,1H3,(H,15,16). The highest BCUT2D eigenvalue weighted by Crippen LogP contribution is 2.35. The molecule has 1 amide bonds. The first-order chi connectivity index (χ1) is 7.50. The number of hydrogen-bond acceptors (Lipinski definition) is 2. The number of fused-ring (bicyclic) bond motifs is 1. The molecule has 1 heterocycles. The van der Waals surface area contributed by atoms with Gasteiger partial charge in [0.15, 0.2) is 0 Å². The van der Waals surface area contributed by atoms with Crippen LogP contribution in [0, 0.1) is 5.82 Å². The molecule has 0 fully saturated rings. The van der Waals surface area contributed by atoms with Crippen LogP contribution in [-0.2, 0) is 9.59 Å². The Morgan fingerprint density at radius 3 is 2.88 bits per heavy atom. The fraction of sp³-hybridized carbons (Fsp3) is 0.273. The Morgan fingerprint density at radius 1 is 1.56 bits per heavy atom. The maximum atomic E-state index is 13.0. The first kappa shape index (κ1) is 10.6. The Hall–Kier alpha value is -1.91. The fourth-order valence-corrected chi connectivity index (χ4v) is 1.88. The van der Waals surface area contributed by atoms with Crippen LogP contribution >= 0.6 is 0 Å². The molecule has 1 aliphatic heterocycles. The summed E-state index contributed by atoms with van der Waals surface area (Å²) in [5.74, 6) is -2.73. The van der Waals surface area contributed by atoms with Gasteiger partial charge in [0.2, 0.25) is 5.91 Å². The SMILES string of the molecule is CN1C(=O)CC(C(=O)O)c2ccc(F)cc21. The molecule has 0 radical (unpaired) electrons. The minimum Gasteiger partial charge on any atom is -0.481 e. The number of aliphatic carboxylic acids is 1. The van der Waals surface area contributed by atoms with Crippen molar-refractivity contribution in [3.63, 3.8) is 0 Å². The van der Waals surface area contributed by atoms with Gasteiger partial charge in [0.05, 0.1) is 11.6 Å².